The van der Waals surface area contributed by atoms with Crippen LogP contribution in [0.5, 0.6) is 5.75 Å². The molecule has 8 rings (SSSR count). The molecule has 0 radical (unpaired) electrons. The molecule has 2 N–H and O–H groups in total. The molecule has 5 nitrogen and oxygen atoms in total. The topological polar surface area (TPSA) is 56.2 Å². The summed E-state index contributed by atoms with van der Waals surface area (Å²) in [6.45, 7) is 4.13. The fourth-order valence-electron chi connectivity index (χ4n) is 9.38. The van der Waals surface area contributed by atoms with Crippen LogP contribution in [0.25, 0.3) is 0 Å². The minimum atomic E-state index is -0.866. The number of rotatable bonds is 11. The molecule has 0 aromatic heterocycles. The first-order valence-electron chi connectivity index (χ1n) is 17.7. The van der Waals surface area contributed by atoms with Gasteiger partial charge in [-0.15, -0.1) is 0 Å². The lowest BCUT2D eigenvalue weighted by Crippen LogP contribution is -2.76. The molecule has 0 unspecified atom stereocenters. The van der Waals surface area contributed by atoms with Crippen LogP contribution in [0.3, 0.4) is 0 Å². The molecule has 47 heavy (non-hydrogen) atoms. The van der Waals surface area contributed by atoms with Crippen molar-refractivity contribution < 1.29 is 14.9 Å². The summed E-state index contributed by atoms with van der Waals surface area (Å²) in [5.41, 5.74) is 4.36. The Bertz CT molecular complexity index is 1620. The van der Waals surface area contributed by atoms with Gasteiger partial charge < -0.3 is 14.9 Å². The van der Waals surface area contributed by atoms with Crippen molar-refractivity contribution >= 4 is 0 Å². The zero-order chi connectivity index (χ0) is 31.9. The number of benzene rings is 4. The lowest BCUT2D eigenvalue weighted by molar-refractivity contribution is -0.198. The maximum Gasteiger partial charge on any atom is 0.120 e. The van der Waals surface area contributed by atoms with Gasteiger partial charge in [-0.1, -0.05) is 97.1 Å². The Balaban J connectivity index is 1.20. The lowest BCUT2D eigenvalue weighted by atomic mass is 9.46. The van der Waals surface area contributed by atoms with E-state index < -0.39 is 16.6 Å². The second-order valence-corrected chi connectivity index (χ2v) is 14.9. The number of hydrogen-bond acceptors (Lipinski definition) is 5. The van der Waals surface area contributed by atoms with Gasteiger partial charge in [0.2, 0.25) is 0 Å². The van der Waals surface area contributed by atoms with Gasteiger partial charge in [-0.05, 0) is 97.4 Å². The van der Waals surface area contributed by atoms with Crippen LogP contribution >= 0.6 is 0 Å². The van der Waals surface area contributed by atoms with Gasteiger partial charge in [0.1, 0.15) is 12.4 Å². The molecule has 1 saturated heterocycles. The van der Waals surface area contributed by atoms with E-state index in [2.05, 4.69) is 101 Å². The largest absolute Gasteiger partial charge is 0.489 e. The number of nitrogens with zero attached hydrogens (tertiary/aromatic N) is 2. The van der Waals surface area contributed by atoms with Gasteiger partial charge in [0.05, 0.1) is 12.2 Å². The number of aliphatic hydroxyl groups excluding tert-OH is 1. The molecule has 0 spiro atoms. The molecule has 4 aliphatic rings. The summed E-state index contributed by atoms with van der Waals surface area (Å²) in [4.78, 5) is 5.16. The smallest absolute Gasteiger partial charge is 0.120 e. The predicted octanol–water partition coefficient (Wildman–Crippen LogP) is 6.89. The van der Waals surface area contributed by atoms with Crippen molar-refractivity contribution in [2.24, 2.45) is 5.92 Å². The van der Waals surface area contributed by atoms with Gasteiger partial charge in [0.15, 0.2) is 0 Å². The number of fused-ring (bicyclic) bond motifs is 1. The van der Waals surface area contributed by atoms with E-state index in [0.29, 0.717) is 13.0 Å². The van der Waals surface area contributed by atoms with Crippen LogP contribution in [0, 0.1) is 5.92 Å². The first-order chi connectivity index (χ1) is 23.0. The monoisotopic (exact) mass is 628 g/mol. The van der Waals surface area contributed by atoms with Gasteiger partial charge in [0.25, 0.3) is 0 Å². The molecule has 0 amide bonds. The van der Waals surface area contributed by atoms with Crippen LogP contribution in [0.1, 0.15) is 66.3 Å². The summed E-state index contributed by atoms with van der Waals surface area (Å²) < 4.78 is 6.42. The third kappa shape index (κ3) is 5.72. The van der Waals surface area contributed by atoms with E-state index >= 15 is 0 Å². The Kier molecular flexibility index (Phi) is 8.21. The number of ether oxygens (including phenoxy) is 1. The number of aliphatic hydroxyl groups is 2. The summed E-state index contributed by atoms with van der Waals surface area (Å²) in [6, 6.07) is 38.4. The average Bonchev–Trinajstić information content (AvgIpc) is 3.94. The normalized spacial score (nSPS) is 28.4. The van der Waals surface area contributed by atoms with Crippen LogP contribution < -0.4 is 4.74 Å². The molecule has 3 aliphatic carbocycles. The zero-order valence-corrected chi connectivity index (χ0v) is 27.4. The van der Waals surface area contributed by atoms with Crippen LogP contribution in [-0.4, -0.2) is 56.9 Å². The van der Waals surface area contributed by atoms with Crippen molar-refractivity contribution in [1.29, 1.82) is 0 Å². The highest BCUT2D eigenvalue weighted by atomic mass is 16.5. The van der Waals surface area contributed by atoms with Crippen molar-refractivity contribution in [3.05, 3.63) is 137 Å². The molecule has 4 aromatic carbocycles. The standard InChI is InChI=1S/C42H48N2O3/c45-31-40(44(27-32-10-4-1-5-11-32)28-33-12-6-2-7-13-33)20-21-42(46)39-24-36-18-19-37(47-29-35-14-8-3-9-15-35)25-38(36)41(42,30-40)22-23-43(39)26-34-16-17-34/h1-15,18-19,25,34,39,45-46H,16-17,20-24,26-31H2/t39-,40+,41-,42-/m1/s1. The Morgan fingerprint density at radius 3 is 2.02 bits per heavy atom. The molecule has 3 fully saturated rings. The molecule has 244 valence electrons. The van der Waals surface area contributed by atoms with E-state index in [1.165, 1.54) is 35.1 Å². The van der Waals surface area contributed by atoms with Crippen molar-refractivity contribution in [3.63, 3.8) is 0 Å². The van der Waals surface area contributed by atoms with Gasteiger partial charge in [0, 0.05) is 36.6 Å². The van der Waals surface area contributed by atoms with E-state index in [9.17, 15) is 10.2 Å². The van der Waals surface area contributed by atoms with Gasteiger partial charge in [-0.25, -0.2) is 0 Å². The van der Waals surface area contributed by atoms with Crippen molar-refractivity contribution in [2.75, 3.05) is 19.7 Å². The molecule has 4 atom stereocenters. The first kappa shape index (κ1) is 30.8. The first-order valence-corrected chi connectivity index (χ1v) is 17.7. The van der Waals surface area contributed by atoms with Crippen LogP contribution in [-0.2, 0) is 31.5 Å². The van der Waals surface area contributed by atoms with Crippen LogP contribution in [0.4, 0.5) is 0 Å². The predicted molar refractivity (Wildman–Crippen MR) is 186 cm³/mol. The molecule has 1 aliphatic heterocycles. The van der Waals surface area contributed by atoms with Crippen molar-refractivity contribution in [3.8, 4) is 5.75 Å². The highest BCUT2D eigenvalue weighted by molar-refractivity contribution is 5.49. The number of likely N-dealkylation sites (tertiary alicyclic amines) is 1. The highest BCUT2D eigenvalue weighted by Gasteiger charge is 2.67. The molecule has 5 heteroatoms. The van der Waals surface area contributed by atoms with Crippen molar-refractivity contribution in [1.82, 2.24) is 9.80 Å². The highest BCUT2D eigenvalue weighted by Crippen LogP contribution is 2.61. The third-order valence-electron chi connectivity index (χ3n) is 12.1. The molecule has 2 bridgehead atoms. The van der Waals surface area contributed by atoms with Gasteiger partial charge >= 0.3 is 0 Å². The quantitative estimate of drug-likeness (QED) is 0.190. The molecular weight excluding hydrogens is 580 g/mol. The van der Waals surface area contributed by atoms with Crippen molar-refractivity contribution in [2.45, 2.75) is 87.2 Å². The van der Waals surface area contributed by atoms with E-state index in [-0.39, 0.29) is 12.6 Å². The van der Waals surface area contributed by atoms with E-state index in [1.54, 1.807) is 0 Å². The molecule has 2 saturated carbocycles. The molecular formula is C42H48N2O3. The SMILES string of the molecule is OC[C@]1(N(Cc2ccccc2)Cc2ccccc2)CC[C@@]2(O)[C@H]3Cc4ccc(OCc5ccccc5)cc4[C@@]2(CCN3CC2CC2)C1. The van der Waals surface area contributed by atoms with Crippen LogP contribution in [0.15, 0.2) is 109 Å². The summed E-state index contributed by atoms with van der Waals surface area (Å²) >= 11 is 0. The lowest BCUT2D eigenvalue weighted by Gasteiger charge is -2.67. The molecule has 4 aromatic rings. The Morgan fingerprint density at radius 1 is 0.766 bits per heavy atom. The second kappa shape index (κ2) is 12.5. The van der Waals surface area contributed by atoms with E-state index in [1.807, 2.05) is 18.2 Å². The maximum atomic E-state index is 13.2. The Labute approximate surface area is 279 Å². The van der Waals surface area contributed by atoms with E-state index in [0.717, 1.165) is 69.1 Å². The minimum Gasteiger partial charge on any atom is -0.489 e. The Hall–Kier alpha value is -3.48. The second-order valence-electron chi connectivity index (χ2n) is 14.9. The van der Waals surface area contributed by atoms with E-state index in [4.69, 9.17) is 4.74 Å². The molecule has 1 heterocycles. The number of piperidine rings is 1. The number of hydrogen-bond donors (Lipinski definition) is 2. The summed E-state index contributed by atoms with van der Waals surface area (Å²) in [5.74, 6) is 1.63. The fraction of sp³-hybridized carbons (Fsp3) is 0.429. The Morgan fingerprint density at radius 2 is 1.40 bits per heavy atom. The fourth-order valence-corrected chi connectivity index (χ4v) is 9.38. The average molecular weight is 629 g/mol. The minimum absolute atomic E-state index is 0.0560. The summed E-state index contributed by atoms with van der Waals surface area (Å²) in [5, 5.41) is 24.8. The summed E-state index contributed by atoms with van der Waals surface area (Å²) in [6.07, 6.45) is 6.52. The third-order valence-corrected chi connectivity index (χ3v) is 12.1. The maximum absolute atomic E-state index is 13.2. The zero-order valence-electron chi connectivity index (χ0n) is 27.4. The van der Waals surface area contributed by atoms with Gasteiger partial charge in [-0.2, -0.15) is 0 Å². The van der Waals surface area contributed by atoms with Crippen LogP contribution in [0.2, 0.25) is 0 Å². The van der Waals surface area contributed by atoms with Gasteiger partial charge in [-0.3, -0.25) is 9.80 Å². The summed E-state index contributed by atoms with van der Waals surface area (Å²) in [7, 11) is 0.